The number of benzene rings is 1. The Hall–Kier alpha value is -2.55. The molecule has 0 spiro atoms. The number of aryl methyl sites for hydroxylation is 1. The molecule has 10 heteroatoms. The maximum Gasteiger partial charge on any atom is 0.347 e. The summed E-state index contributed by atoms with van der Waals surface area (Å²) in [4.78, 5) is 21.2. The number of hydrogen-bond donors (Lipinski definition) is 0. The zero-order valence-corrected chi connectivity index (χ0v) is 17.0. The predicted molar refractivity (Wildman–Crippen MR) is 108 cm³/mol. The topological polar surface area (TPSA) is 90.9 Å². The van der Waals surface area contributed by atoms with Crippen molar-refractivity contribution in [2.75, 3.05) is 6.26 Å². The van der Waals surface area contributed by atoms with E-state index in [4.69, 9.17) is 27.6 Å². The highest BCUT2D eigenvalue weighted by molar-refractivity contribution is 7.84. The number of hydrogen-bond acceptors (Lipinski definition) is 6. The number of pyridine rings is 1. The van der Waals surface area contributed by atoms with Crippen molar-refractivity contribution >= 4 is 44.9 Å². The summed E-state index contributed by atoms with van der Waals surface area (Å²) in [6.07, 6.45) is 3.04. The third kappa shape index (κ3) is 3.23. The molecule has 1 unspecified atom stereocenters. The van der Waals surface area contributed by atoms with Gasteiger partial charge in [0.25, 0.3) is 0 Å². The lowest BCUT2D eigenvalue weighted by Crippen LogP contribution is -2.08. The Morgan fingerprint density at radius 1 is 1.21 bits per heavy atom. The molecule has 0 aliphatic carbocycles. The molecule has 4 aromatic rings. The number of nitrogens with zero attached hydrogens (tertiary/aromatic N) is 4. The summed E-state index contributed by atoms with van der Waals surface area (Å²) < 4.78 is 18.8. The lowest BCUT2D eigenvalue weighted by Gasteiger charge is -2.08. The van der Waals surface area contributed by atoms with E-state index in [1.807, 2.05) is 0 Å². The molecule has 0 bridgehead atoms. The Morgan fingerprint density at radius 2 is 2.00 bits per heavy atom. The number of halogens is 2. The first-order valence-corrected chi connectivity index (χ1v) is 10.3. The molecule has 3 heterocycles. The first-order valence-electron chi connectivity index (χ1n) is 8.01. The summed E-state index contributed by atoms with van der Waals surface area (Å²) >= 11 is 12.3. The zero-order valence-electron chi connectivity index (χ0n) is 14.6. The van der Waals surface area contributed by atoms with Gasteiger partial charge in [-0.2, -0.15) is 5.10 Å². The normalized spacial score (nSPS) is 12.4. The highest BCUT2D eigenvalue weighted by Crippen LogP contribution is 2.28. The average molecular weight is 435 g/mol. The van der Waals surface area contributed by atoms with Gasteiger partial charge in [0.1, 0.15) is 10.7 Å². The van der Waals surface area contributed by atoms with E-state index in [-0.39, 0.29) is 16.3 Å². The number of rotatable bonds is 3. The molecule has 7 nitrogen and oxygen atoms in total. The minimum atomic E-state index is -1.38. The van der Waals surface area contributed by atoms with E-state index < -0.39 is 16.4 Å². The van der Waals surface area contributed by atoms with Gasteiger partial charge in [-0.1, -0.05) is 23.2 Å². The Balaban J connectivity index is 2.03. The van der Waals surface area contributed by atoms with Gasteiger partial charge in [-0.05, 0) is 36.8 Å². The zero-order chi connectivity index (χ0) is 20.0. The van der Waals surface area contributed by atoms with Crippen LogP contribution in [-0.2, 0) is 10.8 Å². The van der Waals surface area contributed by atoms with Crippen molar-refractivity contribution in [1.82, 2.24) is 19.7 Å². The van der Waals surface area contributed by atoms with Crippen LogP contribution >= 0.6 is 23.2 Å². The van der Waals surface area contributed by atoms with Gasteiger partial charge in [-0.25, -0.2) is 19.4 Å². The fourth-order valence-corrected chi connectivity index (χ4v) is 3.71. The molecule has 0 fully saturated rings. The highest BCUT2D eigenvalue weighted by atomic mass is 35.5. The van der Waals surface area contributed by atoms with Crippen LogP contribution in [0.5, 0.6) is 0 Å². The maximum atomic E-state index is 12.5. The first-order chi connectivity index (χ1) is 13.3. The van der Waals surface area contributed by atoms with Crippen molar-refractivity contribution in [2.45, 2.75) is 11.9 Å². The van der Waals surface area contributed by atoms with E-state index >= 15 is 0 Å². The Bertz CT molecular complexity index is 1320. The van der Waals surface area contributed by atoms with Gasteiger partial charge in [-0.3, -0.25) is 4.21 Å². The smallest absolute Gasteiger partial charge is 0.347 e. The van der Waals surface area contributed by atoms with Crippen LogP contribution in [-0.4, -0.2) is 30.2 Å². The minimum Gasteiger partial charge on any atom is -0.401 e. The van der Waals surface area contributed by atoms with Crippen molar-refractivity contribution in [3.05, 3.63) is 62.6 Å². The van der Waals surface area contributed by atoms with Crippen molar-refractivity contribution in [3.63, 3.8) is 0 Å². The van der Waals surface area contributed by atoms with Crippen LogP contribution < -0.4 is 5.63 Å². The minimum absolute atomic E-state index is 0.00819. The summed E-state index contributed by atoms with van der Waals surface area (Å²) in [7, 11) is -1.38. The van der Waals surface area contributed by atoms with Gasteiger partial charge in [0.15, 0.2) is 5.82 Å². The molecular formula is C18H12Cl2N4O3S. The summed E-state index contributed by atoms with van der Waals surface area (Å²) in [5.41, 5.74) is 0.886. The molecule has 0 saturated heterocycles. The molecule has 0 aliphatic heterocycles. The second-order valence-corrected chi connectivity index (χ2v) is 8.14. The average Bonchev–Trinajstić information content (AvgIpc) is 3.08. The van der Waals surface area contributed by atoms with Crippen molar-refractivity contribution in [1.29, 1.82) is 0 Å². The number of aromatic nitrogens is 4. The molecule has 0 saturated carbocycles. The second kappa shape index (κ2) is 7.12. The van der Waals surface area contributed by atoms with Crippen molar-refractivity contribution in [3.8, 4) is 17.4 Å². The van der Waals surface area contributed by atoms with Gasteiger partial charge in [0.05, 0.1) is 26.7 Å². The molecule has 3 aromatic heterocycles. The van der Waals surface area contributed by atoms with E-state index in [0.717, 1.165) is 5.56 Å². The Kier molecular flexibility index (Phi) is 4.78. The standard InChI is InChI=1S/C18H12Cl2N4O3S/c1-9-6-10(19)7-11-15(9)22-17(27-18(11)25)13-8-14(28(2)26)23-24(13)16-12(20)4-3-5-21-16/h3-8H,1-2H3. The molecule has 4 rings (SSSR count). The molecular weight excluding hydrogens is 423 g/mol. The van der Waals surface area contributed by atoms with Crippen molar-refractivity contribution in [2.24, 2.45) is 0 Å². The lowest BCUT2D eigenvalue weighted by molar-refractivity contribution is 0.513. The third-order valence-electron chi connectivity index (χ3n) is 4.03. The summed E-state index contributed by atoms with van der Waals surface area (Å²) in [6, 6.07) is 8.07. The predicted octanol–water partition coefficient (Wildman–Crippen LogP) is 3.79. The van der Waals surface area contributed by atoms with Gasteiger partial charge < -0.3 is 4.42 Å². The molecule has 142 valence electrons. The van der Waals surface area contributed by atoms with Gasteiger partial charge in [0.2, 0.25) is 5.89 Å². The molecule has 1 atom stereocenters. The summed E-state index contributed by atoms with van der Waals surface area (Å²) in [5.74, 6) is 0.307. The highest BCUT2D eigenvalue weighted by Gasteiger charge is 2.21. The van der Waals surface area contributed by atoms with Crippen LogP contribution in [0, 0.1) is 6.92 Å². The van der Waals surface area contributed by atoms with Crippen LogP contribution in [0.2, 0.25) is 10.0 Å². The van der Waals surface area contributed by atoms with E-state index in [1.54, 1.807) is 31.3 Å². The van der Waals surface area contributed by atoms with Gasteiger partial charge in [0, 0.05) is 23.5 Å². The van der Waals surface area contributed by atoms with Crippen molar-refractivity contribution < 1.29 is 8.63 Å². The van der Waals surface area contributed by atoms with Crippen LogP contribution in [0.25, 0.3) is 28.3 Å². The fraction of sp³-hybridized carbons (Fsp3) is 0.111. The van der Waals surface area contributed by atoms with Gasteiger partial charge in [-0.15, -0.1) is 0 Å². The molecule has 0 N–H and O–H groups in total. The quantitative estimate of drug-likeness (QED) is 0.487. The van der Waals surface area contributed by atoms with E-state index in [2.05, 4.69) is 15.1 Å². The molecule has 0 amide bonds. The third-order valence-corrected chi connectivity index (χ3v) is 5.33. The van der Waals surface area contributed by atoms with Crippen LogP contribution in [0.1, 0.15) is 5.56 Å². The van der Waals surface area contributed by atoms with Crippen LogP contribution in [0.15, 0.2) is 50.8 Å². The fourth-order valence-electron chi connectivity index (χ4n) is 2.76. The van der Waals surface area contributed by atoms with E-state index in [9.17, 15) is 9.00 Å². The van der Waals surface area contributed by atoms with E-state index in [1.165, 1.54) is 23.1 Å². The van der Waals surface area contributed by atoms with Crippen LogP contribution in [0.3, 0.4) is 0 Å². The largest absolute Gasteiger partial charge is 0.401 e. The van der Waals surface area contributed by atoms with Gasteiger partial charge >= 0.3 is 5.63 Å². The van der Waals surface area contributed by atoms with Crippen LogP contribution in [0.4, 0.5) is 0 Å². The monoisotopic (exact) mass is 434 g/mol. The first kappa shape index (κ1) is 18.8. The Morgan fingerprint density at radius 3 is 2.71 bits per heavy atom. The Labute approximate surface area is 171 Å². The summed E-state index contributed by atoms with van der Waals surface area (Å²) in [5, 5.41) is 5.60. The maximum absolute atomic E-state index is 12.5. The molecule has 28 heavy (non-hydrogen) atoms. The molecule has 0 radical (unpaired) electrons. The SMILES string of the molecule is Cc1cc(Cl)cc2c(=O)oc(-c3cc(S(C)=O)nn3-c3ncccc3Cl)nc12. The molecule has 0 aliphatic rings. The summed E-state index contributed by atoms with van der Waals surface area (Å²) in [6.45, 7) is 1.80. The molecule has 1 aromatic carbocycles. The van der Waals surface area contributed by atoms with E-state index in [0.29, 0.717) is 27.1 Å². The number of fused-ring (bicyclic) bond motifs is 1. The second-order valence-electron chi connectivity index (χ2n) is 5.97. The lowest BCUT2D eigenvalue weighted by atomic mass is 10.1.